The molecule has 17 heavy (non-hydrogen) atoms. The highest BCUT2D eigenvalue weighted by atomic mass is 28.3. The third kappa shape index (κ3) is 3.69. The molecule has 0 aromatic heterocycles. The summed E-state index contributed by atoms with van der Waals surface area (Å²) in [6.45, 7) is 6.62. The molecule has 2 rings (SSSR count). The standard InChI is InChI=1S/C14H22O2Si/c1-17(2,3)8-4-5-14(15)11-9-12-6-7-13(10-11)16-12/h11-13H,5-7,9-10H2,1-3H3. The molecule has 0 amide bonds. The molecule has 2 unspecified atom stereocenters. The van der Waals surface area contributed by atoms with Gasteiger partial charge in [-0.15, -0.1) is 11.5 Å². The number of ether oxygens (including phenoxy) is 1. The zero-order chi connectivity index (χ0) is 12.5. The van der Waals surface area contributed by atoms with E-state index < -0.39 is 8.07 Å². The maximum atomic E-state index is 12.1. The van der Waals surface area contributed by atoms with Crippen LogP contribution in [0.25, 0.3) is 0 Å². The van der Waals surface area contributed by atoms with E-state index in [0.29, 0.717) is 24.4 Å². The molecule has 0 aromatic carbocycles. The van der Waals surface area contributed by atoms with E-state index in [4.69, 9.17) is 4.74 Å². The van der Waals surface area contributed by atoms with Gasteiger partial charge in [0.1, 0.15) is 13.9 Å². The number of hydrogen-bond donors (Lipinski definition) is 0. The largest absolute Gasteiger partial charge is 0.375 e. The minimum absolute atomic E-state index is 0.220. The van der Waals surface area contributed by atoms with Crippen LogP contribution in [0.2, 0.25) is 19.6 Å². The summed E-state index contributed by atoms with van der Waals surface area (Å²) in [5, 5.41) is 0. The summed E-state index contributed by atoms with van der Waals surface area (Å²) in [6, 6.07) is 0. The average molecular weight is 250 g/mol. The van der Waals surface area contributed by atoms with Crippen molar-refractivity contribution in [3.8, 4) is 11.5 Å². The second-order valence-electron chi connectivity index (χ2n) is 6.32. The van der Waals surface area contributed by atoms with E-state index in [1.807, 2.05) is 0 Å². The topological polar surface area (TPSA) is 26.3 Å². The van der Waals surface area contributed by atoms with Gasteiger partial charge in [0.05, 0.1) is 18.6 Å². The molecule has 0 aliphatic carbocycles. The smallest absolute Gasteiger partial charge is 0.147 e. The summed E-state index contributed by atoms with van der Waals surface area (Å²) >= 11 is 0. The minimum atomic E-state index is -1.33. The molecule has 0 spiro atoms. The zero-order valence-electron chi connectivity index (χ0n) is 11.1. The van der Waals surface area contributed by atoms with Crippen LogP contribution in [-0.4, -0.2) is 26.1 Å². The van der Waals surface area contributed by atoms with Crippen molar-refractivity contribution in [1.82, 2.24) is 0 Å². The lowest BCUT2D eigenvalue weighted by Crippen LogP contribution is -2.29. The summed E-state index contributed by atoms with van der Waals surface area (Å²) in [5.41, 5.74) is 3.27. The van der Waals surface area contributed by atoms with E-state index in [1.165, 1.54) is 0 Å². The SMILES string of the molecule is C[Si](C)(C)C#CCC(=O)C1CC2CCC(C1)O2. The number of rotatable bonds is 2. The Kier molecular flexibility index (Phi) is 3.75. The molecule has 2 saturated heterocycles. The number of fused-ring (bicyclic) bond motifs is 2. The van der Waals surface area contributed by atoms with Gasteiger partial charge in [-0.25, -0.2) is 0 Å². The van der Waals surface area contributed by atoms with Gasteiger partial charge in [-0.3, -0.25) is 4.79 Å². The Balaban J connectivity index is 1.86. The van der Waals surface area contributed by atoms with Crippen LogP contribution in [0.5, 0.6) is 0 Å². The zero-order valence-corrected chi connectivity index (χ0v) is 12.1. The summed E-state index contributed by atoms with van der Waals surface area (Å²) in [7, 11) is -1.33. The second kappa shape index (κ2) is 4.95. The van der Waals surface area contributed by atoms with E-state index in [9.17, 15) is 4.79 Å². The van der Waals surface area contributed by atoms with Crippen molar-refractivity contribution >= 4 is 13.9 Å². The molecule has 0 N–H and O–H groups in total. The van der Waals surface area contributed by atoms with E-state index in [2.05, 4.69) is 31.1 Å². The molecule has 2 aliphatic rings. The quantitative estimate of drug-likeness (QED) is 0.556. The number of carbonyl (C=O) groups excluding carboxylic acids is 1. The predicted molar refractivity (Wildman–Crippen MR) is 71.4 cm³/mol. The first-order chi connectivity index (χ1) is 7.94. The van der Waals surface area contributed by atoms with Gasteiger partial charge in [0, 0.05) is 5.92 Å². The first kappa shape index (κ1) is 12.9. The Labute approximate surface area is 105 Å². The van der Waals surface area contributed by atoms with Crippen molar-refractivity contribution in [3.63, 3.8) is 0 Å². The van der Waals surface area contributed by atoms with Crippen LogP contribution in [0.4, 0.5) is 0 Å². The van der Waals surface area contributed by atoms with Crippen LogP contribution in [0.1, 0.15) is 32.1 Å². The predicted octanol–water partition coefficient (Wildman–Crippen LogP) is 2.78. The lowest BCUT2D eigenvalue weighted by atomic mass is 9.90. The van der Waals surface area contributed by atoms with Crippen LogP contribution in [0.15, 0.2) is 0 Å². The van der Waals surface area contributed by atoms with Gasteiger partial charge >= 0.3 is 0 Å². The number of ketones is 1. The molecule has 2 nitrogen and oxygen atoms in total. The molecule has 0 saturated carbocycles. The lowest BCUT2D eigenvalue weighted by molar-refractivity contribution is -0.127. The molecule has 0 radical (unpaired) electrons. The van der Waals surface area contributed by atoms with Crippen molar-refractivity contribution in [1.29, 1.82) is 0 Å². The Bertz CT molecular complexity index is 347. The van der Waals surface area contributed by atoms with Crippen LogP contribution in [-0.2, 0) is 9.53 Å². The highest BCUT2D eigenvalue weighted by molar-refractivity contribution is 6.83. The Morgan fingerprint density at radius 3 is 2.35 bits per heavy atom. The maximum Gasteiger partial charge on any atom is 0.147 e. The average Bonchev–Trinajstić information content (AvgIpc) is 2.55. The van der Waals surface area contributed by atoms with Crippen LogP contribution < -0.4 is 0 Å². The highest BCUT2D eigenvalue weighted by Gasteiger charge is 2.37. The fourth-order valence-corrected chi connectivity index (χ4v) is 3.28. The van der Waals surface area contributed by atoms with E-state index in [-0.39, 0.29) is 5.92 Å². The summed E-state index contributed by atoms with van der Waals surface area (Å²) in [5.74, 6) is 3.66. The lowest BCUT2D eigenvalue weighted by Gasteiger charge is -2.26. The molecule has 2 atom stereocenters. The summed E-state index contributed by atoms with van der Waals surface area (Å²) in [4.78, 5) is 12.1. The third-order valence-electron chi connectivity index (χ3n) is 3.47. The van der Waals surface area contributed by atoms with Gasteiger partial charge in [0.25, 0.3) is 0 Å². The van der Waals surface area contributed by atoms with Crippen LogP contribution in [0.3, 0.4) is 0 Å². The summed E-state index contributed by atoms with van der Waals surface area (Å²) < 4.78 is 5.75. The van der Waals surface area contributed by atoms with E-state index >= 15 is 0 Å². The third-order valence-corrected chi connectivity index (χ3v) is 4.40. The molecule has 94 valence electrons. The first-order valence-electron chi connectivity index (χ1n) is 6.62. The fraction of sp³-hybridized carbons (Fsp3) is 0.786. The van der Waals surface area contributed by atoms with Crippen molar-refractivity contribution < 1.29 is 9.53 Å². The molecular weight excluding hydrogens is 228 g/mol. The number of Topliss-reactive ketones (excluding diaryl/α,β-unsaturated/α-hetero) is 1. The van der Waals surface area contributed by atoms with Crippen molar-refractivity contribution in [2.45, 2.75) is 64.0 Å². The molecule has 2 aliphatic heterocycles. The Hall–Kier alpha value is -0.593. The minimum Gasteiger partial charge on any atom is -0.375 e. The number of carbonyl (C=O) groups is 1. The molecule has 3 heteroatoms. The summed E-state index contributed by atoms with van der Waals surface area (Å²) in [6.07, 6.45) is 5.33. The van der Waals surface area contributed by atoms with Gasteiger partial charge < -0.3 is 4.74 Å². The van der Waals surface area contributed by atoms with Gasteiger partial charge in [-0.05, 0) is 25.7 Å². The second-order valence-corrected chi connectivity index (χ2v) is 11.1. The van der Waals surface area contributed by atoms with E-state index in [1.54, 1.807) is 0 Å². The van der Waals surface area contributed by atoms with Gasteiger partial charge in [0.2, 0.25) is 0 Å². The fourth-order valence-electron chi connectivity index (χ4n) is 2.66. The van der Waals surface area contributed by atoms with Gasteiger partial charge in [-0.1, -0.05) is 19.6 Å². The normalized spacial score (nSPS) is 31.8. The molecule has 2 fully saturated rings. The Morgan fingerprint density at radius 2 is 1.82 bits per heavy atom. The van der Waals surface area contributed by atoms with E-state index in [0.717, 1.165) is 25.7 Å². The van der Waals surface area contributed by atoms with Gasteiger partial charge in [0.15, 0.2) is 0 Å². The van der Waals surface area contributed by atoms with Gasteiger partial charge in [-0.2, -0.15) is 0 Å². The molecule has 0 aromatic rings. The van der Waals surface area contributed by atoms with Crippen molar-refractivity contribution in [2.24, 2.45) is 5.92 Å². The monoisotopic (exact) mass is 250 g/mol. The molecule has 2 bridgehead atoms. The molecular formula is C14H22O2Si. The highest BCUT2D eigenvalue weighted by Crippen LogP contribution is 2.36. The first-order valence-corrected chi connectivity index (χ1v) is 10.1. The van der Waals surface area contributed by atoms with Crippen LogP contribution >= 0.6 is 0 Å². The number of hydrogen-bond acceptors (Lipinski definition) is 2. The Morgan fingerprint density at radius 1 is 1.24 bits per heavy atom. The van der Waals surface area contributed by atoms with Crippen molar-refractivity contribution in [2.75, 3.05) is 0 Å². The van der Waals surface area contributed by atoms with Crippen LogP contribution in [0, 0.1) is 17.4 Å². The maximum absolute atomic E-state index is 12.1. The molecule has 2 heterocycles. The van der Waals surface area contributed by atoms with Crippen molar-refractivity contribution in [3.05, 3.63) is 0 Å².